The molecule has 12 heteroatoms. The van der Waals surface area contributed by atoms with Crippen molar-refractivity contribution in [2.75, 3.05) is 14.2 Å². The van der Waals surface area contributed by atoms with E-state index < -0.39 is 14.9 Å². The third kappa shape index (κ3) is 5.59. The van der Waals surface area contributed by atoms with Crippen molar-refractivity contribution in [1.82, 2.24) is 9.82 Å². The molecule has 0 fully saturated rings. The van der Waals surface area contributed by atoms with Gasteiger partial charge in [-0.1, -0.05) is 12.1 Å². The number of nitro groups is 1. The molecule has 37 heavy (non-hydrogen) atoms. The number of aryl methyl sites for hydroxylation is 1. The van der Waals surface area contributed by atoms with Gasteiger partial charge in [0.15, 0.2) is 23.1 Å². The van der Waals surface area contributed by atoms with Gasteiger partial charge < -0.3 is 13.9 Å². The van der Waals surface area contributed by atoms with Crippen molar-refractivity contribution in [3.63, 3.8) is 0 Å². The first-order chi connectivity index (χ1) is 17.7. The molecule has 1 N–H and O–H groups in total. The molecule has 4 rings (SSSR count). The summed E-state index contributed by atoms with van der Waals surface area (Å²) in [4.78, 5) is 17.0. The average molecular weight is 523 g/mol. The lowest BCUT2D eigenvalue weighted by atomic mass is 10.1. The van der Waals surface area contributed by atoms with E-state index in [-0.39, 0.29) is 10.6 Å². The van der Waals surface area contributed by atoms with E-state index in [0.717, 1.165) is 0 Å². The van der Waals surface area contributed by atoms with Crippen LogP contribution in [0.3, 0.4) is 0 Å². The number of oxazole rings is 1. The summed E-state index contributed by atoms with van der Waals surface area (Å²) < 4.78 is 41.6. The number of hydrogen-bond donors (Lipinski definition) is 1. The second-order valence-corrected chi connectivity index (χ2v) is 9.37. The maximum atomic E-state index is 12.7. The summed E-state index contributed by atoms with van der Waals surface area (Å²) in [5.41, 5.74) is 2.25. The number of ether oxygens (including phenoxy) is 2. The molecule has 0 amide bonds. The van der Waals surface area contributed by atoms with Gasteiger partial charge >= 0.3 is 0 Å². The van der Waals surface area contributed by atoms with Crippen LogP contribution in [-0.2, 0) is 10.0 Å². The number of nitrogens with zero attached hydrogens (tertiary/aromatic N) is 3. The standard InChI is InChI=1S/C25H22N4O7S/c1-16-27-24(25(36-16)19-5-9-20(10-6-19)29(30)31)18-7-11-21(12-8-18)37(32,33)28-26-15-17-4-13-22(34-2)23(14-17)35-3/h4-15,28H,1-3H3/b26-15+. The van der Waals surface area contributed by atoms with E-state index in [1.807, 2.05) is 0 Å². The van der Waals surface area contributed by atoms with Gasteiger partial charge in [-0.15, -0.1) is 0 Å². The first-order valence-corrected chi connectivity index (χ1v) is 12.3. The van der Waals surface area contributed by atoms with E-state index in [0.29, 0.717) is 45.5 Å². The molecule has 1 heterocycles. The van der Waals surface area contributed by atoms with E-state index in [1.165, 1.54) is 44.7 Å². The summed E-state index contributed by atoms with van der Waals surface area (Å²) in [6, 6.07) is 17.0. The number of benzene rings is 3. The molecule has 0 aliphatic rings. The molecule has 0 aliphatic carbocycles. The smallest absolute Gasteiger partial charge is 0.276 e. The summed E-state index contributed by atoms with van der Waals surface area (Å²) in [6.45, 7) is 1.68. The van der Waals surface area contributed by atoms with Crippen LogP contribution >= 0.6 is 0 Å². The topological polar surface area (TPSA) is 146 Å². The maximum absolute atomic E-state index is 12.7. The van der Waals surface area contributed by atoms with Crippen molar-refractivity contribution in [1.29, 1.82) is 0 Å². The third-order valence-corrected chi connectivity index (χ3v) is 6.55. The molecule has 0 atom stereocenters. The summed E-state index contributed by atoms with van der Waals surface area (Å²) in [7, 11) is -0.920. The molecule has 0 bridgehead atoms. The quantitative estimate of drug-likeness (QED) is 0.191. The van der Waals surface area contributed by atoms with Crippen LogP contribution in [0.1, 0.15) is 11.5 Å². The largest absolute Gasteiger partial charge is 0.493 e. The zero-order chi connectivity index (χ0) is 26.6. The van der Waals surface area contributed by atoms with Crippen molar-refractivity contribution in [3.05, 3.63) is 88.3 Å². The monoisotopic (exact) mass is 522 g/mol. The highest BCUT2D eigenvalue weighted by Crippen LogP contribution is 2.34. The van der Waals surface area contributed by atoms with Crippen molar-refractivity contribution >= 4 is 21.9 Å². The van der Waals surface area contributed by atoms with Gasteiger partial charge in [-0.2, -0.15) is 13.5 Å². The van der Waals surface area contributed by atoms with Crippen LogP contribution < -0.4 is 14.3 Å². The van der Waals surface area contributed by atoms with E-state index in [2.05, 4.69) is 14.9 Å². The number of nitrogens with one attached hydrogen (secondary N) is 1. The second-order valence-electron chi connectivity index (χ2n) is 7.71. The predicted octanol–water partition coefficient (Wildman–Crippen LogP) is 4.55. The maximum Gasteiger partial charge on any atom is 0.276 e. The van der Waals surface area contributed by atoms with Gasteiger partial charge in [-0.05, 0) is 48.0 Å². The van der Waals surface area contributed by atoms with Crippen molar-refractivity contribution < 1.29 is 27.2 Å². The Morgan fingerprint density at radius 3 is 2.24 bits per heavy atom. The SMILES string of the molecule is COc1ccc(/C=N/NS(=O)(=O)c2ccc(-c3nc(C)oc3-c3ccc([N+](=O)[O-])cc3)cc2)cc1OC. The molecule has 0 saturated carbocycles. The lowest BCUT2D eigenvalue weighted by Gasteiger charge is -2.08. The Labute approximate surface area is 212 Å². The van der Waals surface area contributed by atoms with E-state index in [1.54, 1.807) is 49.4 Å². The van der Waals surface area contributed by atoms with Crippen LogP contribution in [0.25, 0.3) is 22.6 Å². The van der Waals surface area contributed by atoms with E-state index in [9.17, 15) is 18.5 Å². The Morgan fingerprint density at radius 2 is 1.62 bits per heavy atom. The summed E-state index contributed by atoms with van der Waals surface area (Å²) >= 11 is 0. The Balaban J connectivity index is 1.53. The van der Waals surface area contributed by atoms with Crippen molar-refractivity contribution in [2.45, 2.75) is 11.8 Å². The van der Waals surface area contributed by atoms with Crippen LogP contribution in [0.2, 0.25) is 0 Å². The molecular weight excluding hydrogens is 500 g/mol. The molecule has 0 radical (unpaired) electrons. The lowest BCUT2D eigenvalue weighted by molar-refractivity contribution is -0.384. The number of aromatic nitrogens is 1. The number of rotatable bonds is 9. The van der Waals surface area contributed by atoms with Crippen molar-refractivity contribution in [3.8, 4) is 34.1 Å². The molecule has 4 aromatic rings. The van der Waals surface area contributed by atoms with Gasteiger partial charge in [-0.3, -0.25) is 10.1 Å². The molecular formula is C25H22N4O7S. The summed E-state index contributed by atoms with van der Waals surface area (Å²) in [5.74, 6) is 1.84. The molecule has 1 aromatic heterocycles. The summed E-state index contributed by atoms with van der Waals surface area (Å²) in [6.07, 6.45) is 1.35. The molecule has 0 unspecified atom stereocenters. The van der Waals surface area contributed by atoms with Gasteiger partial charge in [0.2, 0.25) is 0 Å². The number of non-ortho nitro benzene ring substituents is 1. The Bertz CT molecular complexity index is 1560. The number of hydrogen-bond acceptors (Lipinski definition) is 9. The van der Waals surface area contributed by atoms with Crippen LogP contribution in [0.5, 0.6) is 11.5 Å². The minimum atomic E-state index is -3.94. The fourth-order valence-corrected chi connectivity index (χ4v) is 4.29. The van der Waals surface area contributed by atoms with Crippen molar-refractivity contribution in [2.24, 2.45) is 5.10 Å². The van der Waals surface area contributed by atoms with Crippen LogP contribution in [0, 0.1) is 17.0 Å². The van der Waals surface area contributed by atoms with Gasteiger partial charge in [-0.25, -0.2) is 9.82 Å². The average Bonchev–Trinajstić information content (AvgIpc) is 3.30. The first-order valence-electron chi connectivity index (χ1n) is 10.8. The Kier molecular flexibility index (Phi) is 7.20. The van der Waals surface area contributed by atoms with E-state index >= 15 is 0 Å². The highest BCUT2D eigenvalue weighted by Gasteiger charge is 2.18. The minimum Gasteiger partial charge on any atom is -0.493 e. The number of nitro benzene ring substituents is 1. The molecule has 0 aliphatic heterocycles. The predicted molar refractivity (Wildman–Crippen MR) is 136 cm³/mol. The zero-order valence-electron chi connectivity index (χ0n) is 20.0. The van der Waals surface area contributed by atoms with Gasteiger partial charge in [0.1, 0.15) is 5.69 Å². The van der Waals surface area contributed by atoms with Gasteiger partial charge in [0.05, 0.1) is 30.3 Å². The van der Waals surface area contributed by atoms with Crippen LogP contribution in [0.4, 0.5) is 5.69 Å². The normalized spacial score (nSPS) is 11.4. The summed E-state index contributed by atoms with van der Waals surface area (Å²) in [5, 5.41) is 14.8. The fourth-order valence-electron chi connectivity index (χ4n) is 3.50. The number of methoxy groups -OCH3 is 2. The molecule has 3 aromatic carbocycles. The highest BCUT2D eigenvalue weighted by molar-refractivity contribution is 7.89. The zero-order valence-corrected chi connectivity index (χ0v) is 20.9. The minimum absolute atomic E-state index is 0.00202. The first kappa shape index (κ1) is 25.4. The highest BCUT2D eigenvalue weighted by atomic mass is 32.2. The van der Waals surface area contributed by atoms with Crippen LogP contribution in [0.15, 0.2) is 81.1 Å². The van der Waals surface area contributed by atoms with E-state index in [4.69, 9.17) is 13.9 Å². The fraction of sp³-hybridized carbons (Fsp3) is 0.120. The molecule has 11 nitrogen and oxygen atoms in total. The molecule has 0 saturated heterocycles. The molecule has 0 spiro atoms. The Morgan fingerprint density at radius 1 is 0.973 bits per heavy atom. The number of sulfonamides is 1. The second kappa shape index (κ2) is 10.5. The molecule has 190 valence electrons. The Hall–Kier alpha value is -4.71. The van der Waals surface area contributed by atoms with Gasteiger partial charge in [0.25, 0.3) is 15.7 Å². The van der Waals surface area contributed by atoms with Gasteiger partial charge in [0, 0.05) is 30.2 Å². The third-order valence-electron chi connectivity index (χ3n) is 5.31. The number of hydrazone groups is 1. The van der Waals surface area contributed by atoms with Crippen LogP contribution in [-0.4, -0.2) is 38.8 Å². The lowest BCUT2D eigenvalue weighted by Crippen LogP contribution is -2.18.